The fourth-order valence-electron chi connectivity index (χ4n) is 4.16. The Hall–Kier alpha value is -2.55. The number of carbonyl (C=O) groups is 3. The molecule has 2 fully saturated rings. The van der Waals surface area contributed by atoms with Gasteiger partial charge < -0.3 is 23.5 Å². The summed E-state index contributed by atoms with van der Waals surface area (Å²) in [5.74, 6) is 3.79. The fraction of sp³-hybridized carbons (Fsp3) is 0.545. The van der Waals surface area contributed by atoms with E-state index in [9.17, 15) is 18.6 Å². The molecule has 1 N–H and O–H groups in total. The number of piperazine rings is 1. The lowest BCUT2D eigenvalue weighted by Crippen LogP contribution is -2.50. The molecule has 1 aliphatic carbocycles. The number of hydrogen-bond donors (Lipinski definition) is 1. The fourth-order valence-corrected chi connectivity index (χ4v) is 4.59. The van der Waals surface area contributed by atoms with Crippen LogP contribution in [-0.4, -0.2) is 66.7 Å². The third-order valence-corrected chi connectivity index (χ3v) is 6.40. The predicted octanol–water partition coefficient (Wildman–Crippen LogP) is 3.09. The van der Waals surface area contributed by atoms with Crippen molar-refractivity contribution in [2.24, 2.45) is 5.92 Å². The first-order chi connectivity index (χ1) is 15.0. The van der Waals surface area contributed by atoms with Crippen LogP contribution < -0.4 is 4.72 Å². The molecule has 1 aromatic carbocycles. The van der Waals surface area contributed by atoms with Crippen LogP contribution in [0.3, 0.4) is 0 Å². The third kappa shape index (κ3) is 6.46. The van der Waals surface area contributed by atoms with Gasteiger partial charge in [0.1, 0.15) is 0 Å². The number of anilines is 1. The van der Waals surface area contributed by atoms with Crippen molar-refractivity contribution in [1.82, 2.24) is 9.80 Å². The highest BCUT2D eigenvalue weighted by atomic mass is 32.2. The summed E-state index contributed by atoms with van der Waals surface area (Å²) in [5.41, 5.74) is 0.967. The second kappa shape index (κ2) is 11.2. The van der Waals surface area contributed by atoms with Gasteiger partial charge in [-0.05, 0) is 30.5 Å². The number of carbonyl (C=O) groups excluding carboxylic acids is 3. The molecule has 1 aliphatic heterocycles. The standard InChI is InChI=1S/C22H30N3O5S/c1-31(29)23-20-8-7-18(15-19(20)16-26)21(27)24-10-12-25(13-11-24)22(28)30-14-9-17-5-3-2-4-6-17/h7-8,15-17H,1-6,9-14H2,(H,23,29)/q-1. The first-order valence-electron chi connectivity index (χ1n) is 10.8. The molecule has 1 heterocycles. The lowest BCUT2D eigenvalue weighted by atomic mass is 9.87. The molecule has 0 radical (unpaired) electrons. The van der Waals surface area contributed by atoms with E-state index in [-0.39, 0.29) is 17.6 Å². The van der Waals surface area contributed by atoms with Gasteiger partial charge in [-0.2, -0.15) is 16.4 Å². The van der Waals surface area contributed by atoms with Crippen molar-refractivity contribution in [3.8, 4) is 0 Å². The number of aldehydes is 1. The Bertz CT molecular complexity index is 864. The van der Waals surface area contributed by atoms with Gasteiger partial charge in [-0.1, -0.05) is 32.1 Å². The monoisotopic (exact) mass is 448 g/mol. The van der Waals surface area contributed by atoms with Crippen molar-refractivity contribution in [2.75, 3.05) is 37.5 Å². The van der Waals surface area contributed by atoms with Crippen LogP contribution in [0.2, 0.25) is 0 Å². The summed E-state index contributed by atoms with van der Waals surface area (Å²) in [7, 11) is -1.57. The minimum absolute atomic E-state index is 0.212. The highest BCUT2D eigenvalue weighted by molar-refractivity contribution is 7.83. The molecule has 1 saturated carbocycles. The SMILES string of the molecule is C=[S-](=O)Nc1ccc(C(=O)N2CCN(C(=O)OCCC3CCCCC3)CC2)cc1C=O. The Kier molecular flexibility index (Phi) is 8.34. The average molecular weight is 449 g/mol. The minimum atomic E-state index is -1.57. The van der Waals surface area contributed by atoms with Gasteiger partial charge >= 0.3 is 6.09 Å². The van der Waals surface area contributed by atoms with Gasteiger partial charge in [-0.25, -0.2) is 4.79 Å². The molecule has 3 rings (SSSR count). The van der Waals surface area contributed by atoms with Crippen molar-refractivity contribution >= 4 is 40.4 Å². The van der Waals surface area contributed by atoms with Crippen molar-refractivity contribution in [2.45, 2.75) is 38.5 Å². The number of hydrogen-bond acceptors (Lipinski definition) is 6. The molecule has 0 spiro atoms. The molecule has 31 heavy (non-hydrogen) atoms. The predicted molar refractivity (Wildman–Crippen MR) is 121 cm³/mol. The van der Waals surface area contributed by atoms with Gasteiger partial charge in [0.05, 0.1) is 6.61 Å². The molecular weight excluding hydrogens is 418 g/mol. The van der Waals surface area contributed by atoms with Crippen LogP contribution in [0.15, 0.2) is 18.2 Å². The molecule has 1 saturated heterocycles. The summed E-state index contributed by atoms with van der Waals surface area (Å²) in [6.45, 7) is 2.07. The highest BCUT2D eigenvalue weighted by Crippen LogP contribution is 2.26. The van der Waals surface area contributed by atoms with E-state index in [0.29, 0.717) is 56.2 Å². The van der Waals surface area contributed by atoms with Crippen LogP contribution in [-0.2, 0) is 19.5 Å². The normalized spacial score (nSPS) is 17.5. The minimum Gasteiger partial charge on any atom is -0.449 e. The molecule has 0 bridgehead atoms. The van der Waals surface area contributed by atoms with E-state index in [4.69, 9.17) is 4.74 Å². The number of rotatable bonds is 7. The van der Waals surface area contributed by atoms with E-state index in [0.717, 1.165) is 6.42 Å². The number of nitrogens with zero attached hydrogens (tertiary/aromatic N) is 2. The van der Waals surface area contributed by atoms with Crippen LogP contribution in [0.25, 0.3) is 0 Å². The first kappa shape index (κ1) is 23.1. The molecule has 170 valence electrons. The van der Waals surface area contributed by atoms with E-state index in [1.54, 1.807) is 21.9 Å². The summed E-state index contributed by atoms with van der Waals surface area (Å²) in [6.07, 6.45) is 7.54. The van der Waals surface area contributed by atoms with E-state index in [1.165, 1.54) is 38.2 Å². The molecule has 0 atom stereocenters. The summed E-state index contributed by atoms with van der Waals surface area (Å²) in [5, 5.41) is 0. The van der Waals surface area contributed by atoms with Crippen LogP contribution in [0, 0.1) is 5.92 Å². The van der Waals surface area contributed by atoms with Gasteiger partial charge in [0, 0.05) is 43.0 Å². The number of ether oxygens (including phenoxy) is 1. The smallest absolute Gasteiger partial charge is 0.409 e. The quantitative estimate of drug-likeness (QED) is 0.393. The molecular formula is C22H30N3O5S-. The Labute approximate surface area is 185 Å². The van der Waals surface area contributed by atoms with Crippen LogP contribution in [0.4, 0.5) is 10.5 Å². The zero-order valence-corrected chi connectivity index (χ0v) is 18.5. The van der Waals surface area contributed by atoms with Gasteiger partial charge in [0.25, 0.3) is 5.91 Å². The molecule has 9 heteroatoms. The zero-order chi connectivity index (χ0) is 22.2. The average Bonchev–Trinajstić information content (AvgIpc) is 2.79. The maximum Gasteiger partial charge on any atom is 0.409 e. The van der Waals surface area contributed by atoms with Crippen molar-refractivity contribution in [1.29, 1.82) is 0 Å². The van der Waals surface area contributed by atoms with Gasteiger partial charge in [0.2, 0.25) is 0 Å². The first-order valence-corrected chi connectivity index (χ1v) is 12.1. The van der Waals surface area contributed by atoms with E-state index >= 15 is 0 Å². The molecule has 2 amide bonds. The Morgan fingerprint density at radius 1 is 1.13 bits per heavy atom. The summed E-state index contributed by atoms with van der Waals surface area (Å²) >= 11 is 0. The van der Waals surface area contributed by atoms with Crippen molar-refractivity contribution < 1.29 is 23.3 Å². The van der Waals surface area contributed by atoms with Crippen LogP contribution >= 0.6 is 0 Å². The Morgan fingerprint density at radius 2 is 1.81 bits per heavy atom. The molecule has 0 unspecified atom stereocenters. The summed E-state index contributed by atoms with van der Waals surface area (Å²) in [6, 6.07) is 4.59. The maximum atomic E-state index is 12.8. The maximum absolute atomic E-state index is 12.8. The lowest BCUT2D eigenvalue weighted by Gasteiger charge is -2.34. The zero-order valence-electron chi connectivity index (χ0n) is 17.7. The van der Waals surface area contributed by atoms with Gasteiger partial charge in [0.15, 0.2) is 6.29 Å². The van der Waals surface area contributed by atoms with Crippen LogP contribution in [0.1, 0.15) is 59.2 Å². The van der Waals surface area contributed by atoms with E-state index in [2.05, 4.69) is 10.6 Å². The van der Waals surface area contributed by atoms with E-state index in [1.807, 2.05) is 0 Å². The highest BCUT2D eigenvalue weighted by Gasteiger charge is 2.26. The second-order valence-electron chi connectivity index (χ2n) is 8.05. The van der Waals surface area contributed by atoms with Crippen LogP contribution in [0.5, 0.6) is 0 Å². The van der Waals surface area contributed by atoms with Gasteiger partial charge in [-0.15, -0.1) is 0 Å². The molecule has 8 nitrogen and oxygen atoms in total. The third-order valence-electron chi connectivity index (χ3n) is 5.95. The number of amides is 2. The van der Waals surface area contributed by atoms with Crippen molar-refractivity contribution in [3.63, 3.8) is 0 Å². The topological polar surface area (TPSA) is 96.0 Å². The largest absolute Gasteiger partial charge is 0.449 e. The lowest BCUT2D eigenvalue weighted by molar-refractivity contribution is 0.0543. The Balaban J connectivity index is 1.47. The summed E-state index contributed by atoms with van der Waals surface area (Å²) in [4.78, 5) is 39.7. The molecule has 2 aliphatic rings. The summed E-state index contributed by atoms with van der Waals surface area (Å²) < 4.78 is 19.3. The number of nitrogens with one attached hydrogen (secondary N) is 1. The number of benzene rings is 1. The Morgan fingerprint density at radius 3 is 2.45 bits per heavy atom. The molecule has 1 aromatic rings. The second-order valence-corrected chi connectivity index (χ2v) is 8.95. The van der Waals surface area contributed by atoms with Gasteiger partial charge in [-0.3, -0.25) is 9.59 Å². The van der Waals surface area contributed by atoms with Crippen molar-refractivity contribution in [3.05, 3.63) is 29.3 Å². The van der Waals surface area contributed by atoms with E-state index < -0.39 is 10.6 Å². The molecule has 0 aromatic heterocycles.